The molecule has 0 aliphatic heterocycles. The van der Waals surface area contributed by atoms with Gasteiger partial charge in [0.2, 0.25) is 0 Å². The first-order chi connectivity index (χ1) is 14.5. The van der Waals surface area contributed by atoms with E-state index in [4.69, 9.17) is 0 Å². The van der Waals surface area contributed by atoms with Crippen LogP contribution in [-0.4, -0.2) is 6.61 Å². The SMILES string of the molecule is CCCC=CCC1CCC(C2CCC(c3cc(F)c(OC(F)F)c(F)c3)CC2)CC1. The predicted molar refractivity (Wildman–Crippen MR) is 112 cm³/mol. The summed E-state index contributed by atoms with van der Waals surface area (Å²) >= 11 is 0. The number of unbranched alkanes of at least 4 members (excludes halogenated alkanes) is 1. The average Bonchev–Trinajstić information content (AvgIpc) is 2.74. The molecule has 0 amide bonds. The minimum absolute atomic E-state index is 0.0888. The fourth-order valence-electron chi connectivity index (χ4n) is 5.41. The lowest BCUT2D eigenvalue weighted by atomic mass is 9.68. The van der Waals surface area contributed by atoms with Gasteiger partial charge in [-0.25, -0.2) is 8.78 Å². The summed E-state index contributed by atoms with van der Waals surface area (Å²) < 4.78 is 56.7. The zero-order chi connectivity index (χ0) is 21.5. The molecule has 2 fully saturated rings. The van der Waals surface area contributed by atoms with E-state index in [9.17, 15) is 17.6 Å². The van der Waals surface area contributed by atoms with Crippen LogP contribution in [0.4, 0.5) is 17.6 Å². The Labute approximate surface area is 177 Å². The van der Waals surface area contributed by atoms with E-state index in [1.54, 1.807) is 0 Å². The number of rotatable bonds is 8. The minimum Gasteiger partial charge on any atom is -0.429 e. The van der Waals surface area contributed by atoms with E-state index in [0.29, 0.717) is 11.5 Å². The zero-order valence-corrected chi connectivity index (χ0v) is 17.9. The van der Waals surface area contributed by atoms with E-state index >= 15 is 0 Å². The van der Waals surface area contributed by atoms with E-state index in [0.717, 1.165) is 37.5 Å². The molecule has 3 rings (SSSR count). The van der Waals surface area contributed by atoms with Crippen molar-refractivity contribution in [3.63, 3.8) is 0 Å². The molecule has 0 saturated heterocycles. The molecule has 2 aliphatic carbocycles. The monoisotopic (exact) mass is 426 g/mol. The molecule has 0 N–H and O–H groups in total. The molecule has 1 aromatic rings. The summed E-state index contributed by atoms with van der Waals surface area (Å²) in [5, 5.41) is 0. The molecule has 2 saturated carbocycles. The molecule has 2 aliphatic rings. The Hall–Kier alpha value is -1.52. The van der Waals surface area contributed by atoms with Crippen molar-refractivity contribution in [1.82, 2.24) is 0 Å². The molecule has 0 aromatic heterocycles. The second-order valence-electron chi connectivity index (χ2n) is 9.08. The number of benzene rings is 1. The molecule has 0 spiro atoms. The summed E-state index contributed by atoms with van der Waals surface area (Å²) in [5.74, 6) is -0.677. The number of alkyl halides is 2. The maximum atomic E-state index is 14.1. The molecular formula is C25H34F4O. The number of allylic oxidation sites excluding steroid dienone is 2. The van der Waals surface area contributed by atoms with Gasteiger partial charge in [0.25, 0.3) is 0 Å². The van der Waals surface area contributed by atoms with Gasteiger partial charge in [-0.1, -0.05) is 25.5 Å². The largest absolute Gasteiger partial charge is 0.429 e. The van der Waals surface area contributed by atoms with Crippen molar-refractivity contribution in [2.24, 2.45) is 17.8 Å². The van der Waals surface area contributed by atoms with E-state index in [-0.39, 0.29) is 5.92 Å². The summed E-state index contributed by atoms with van der Waals surface area (Å²) in [6.07, 6.45) is 17.4. The zero-order valence-electron chi connectivity index (χ0n) is 17.9. The number of halogens is 4. The van der Waals surface area contributed by atoms with Crippen LogP contribution in [0.5, 0.6) is 5.75 Å². The summed E-state index contributed by atoms with van der Waals surface area (Å²) in [4.78, 5) is 0. The van der Waals surface area contributed by atoms with Crippen molar-refractivity contribution in [3.8, 4) is 5.75 Å². The van der Waals surface area contributed by atoms with Gasteiger partial charge in [-0.15, -0.1) is 0 Å². The van der Waals surface area contributed by atoms with Gasteiger partial charge in [-0.2, -0.15) is 8.78 Å². The lowest BCUT2D eigenvalue weighted by Crippen LogP contribution is -2.25. The molecule has 30 heavy (non-hydrogen) atoms. The first-order valence-corrected chi connectivity index (χ1v) is 11.6. The van der Waals surface area contributed by atoms with Gasteiger partial charge in [0.05, 0.1) is 0 Å². The lowest BCUT2D eigenvalue weighted by Gasteiger charge is -2.38. The van der Waals surface area contributed by atoms with Crippen LogP contribution in [0, 0.1) is 29.4 Å². The van der Waals surface area contributed by atoms with Gasteiger partial charge >= 0.3 is 6.61 Å². The summed E-state index contributed by atoms with van der Waals surface area (Å²) in [6, 6.07) is 2.34. The van der Waals surface area contributed by atoms with Crippen molar-refractivity contribution < 1.29 is 22.3 Å². The van der Waals surface area contributed by atoms with E-state index in [1.165, 1.54) is 57.1 Å². The lowest BCUT2D eigenvalue weighted by molar-refractivity contribution is -0.0546. The summed E-state index contributed by atoms with van der Waals surface area (Å²) in [5.41, 5.74) is 0.563. The third kappa shape index (κ3) is 6.24. The molecule has 0 radical (unpaired) electrons. The highest BCUT2D eigenvalue weighted by Gasteiger charge is 2.31. The van der Waals surface area contributed by atoms with Gasteiger partial charge in [-0.05, 0) is 106 Å². The summed E-state index contributed by atoms with van der Waals surface area (Å²) in [7, 11) is 0. The molecule has 1 nitrogen and oxygen atoms in total. The second kappa shape index (κ2) is 11.2. The van der Waals surface area contributed by atoms with Gasteiger partial charge in [0.15, 0.2) is 17.4 Å². The minimum atomic E-state index is -3.24. The highest BCUT2D eigenvalue weighted by atomic mass is 19.3. The first-order valence-electron chi connectivity index (χ1n) is 11.6. The first kappa shape index (κ1) is 23.1. The molecule has 0 heterocycles. The van der Waals surface area contributed by atoms with E-state index < -0.39 is 24.0 Å². The fourth-order valence-corrected chi connectivity index (χ4v) is 5.41. The maximum Gasteiger partial charge on any atom is 0.387 e. The number of hydrogen-bond donors (Lipinski definition) is 0. The van der Waals surface area contributed by atoms with Crippen molar-refractivity contribution in [3.05, 3.63) is 41.5 Å². The number of ether oxygens (including phenoxy) is 1. The molecule has 5 heteroatoms. The Morgan fingerprint density at radius 3 is 2.00 bits per heavy atom. The molecule has 1 aromatic carbocycles. The van der Waals surface area contributed by atoms with Gasteiger partial charge < -0.3 is 4.74 Å². The predicted octanol–water partition coefficient (Wildman–Crippen LogP) is 8.39. The quantitative estimate of drug-likeness (QED) is 0.299. The highest BCUT2D eigenvalue weighted by Crippen LogP contribution is 2.45. The summed E-state index contributed by atoms with van der Waals surface area (Å²) in [6.45, 7) is -1.04. The molecule has 168 valence electrons. The molecular weight excluding hydrogens is 392 g/mol. The fraction of sp³-hybridized carbons (Fsp3) is 0.680. The highest BCUT2D eigenvalue weighted by molar-refractivity contribution is 5.33. The van der Waals surface area contributed by atoms with Crippen LogP contribution < -0.4 is 4.74 Å². The Kier molecular flexibility index (Phi) is 8.64. The maximum absolute atomic E-state index is 14.1. The van der Waals surface area contributed by atoms with E-state index in [1.807, 2.05) is 0 Å². The van der Waals surface area contributed by atoms with Crippen molar-refractivity contribution in [1.29, 1.82) is 0 Å². The smallest absolute Gasteiger partial charge is 0.387 e. The van der Waals surface area contributed by atoms with Crippen LogP contribution in [0.2, 0.25) is 0 Å². The van der Waals surface area contributed by atoms with Crippen molar-refractivity contribution >= 4 is 0 Å². The molecule has 0 atom stereocenters. The van der Waals surface area contributed by atoms with Gasteiger partial charge in [0.1, 0.15) is 0 Å². The topological polar surface area (TPSA) is 9.23 Å². The van der Waals surface area contributed by atoms with E-state index in [2.05, 4.69) is 23.8 Å². The van der Waals surface area contributed by atoms with Crippen LogP contribution in [-0.2, 0) is 0 Å². The van der Waals surface area contributed by atoms with Crippen molar-refractivity contribution in [2.75, 3.05) is 0 Å². The third-order valence-electron chi connectivity index (χ3n) is 7.12. The van der Waals surface area contributed by atoms with Gasteiger partial charge in [0, 0.05) is 0 Å². The van der Waals surface area contributed by atoms with Crippen LogP contribution in [0.1, 0.15) is 89.0 Å². The Balaban J connectivity index is 1.47. The Bertz CT molecular complexity index is 663. The molecule has 0 unspecified atom stereocenters. The Morgan fingerprint density at radius 2 is 1.47 bits per heavy atom. The molecule has 0 bridgehead atoms. The van der Waals surface area contributed by atoms with Crippen LogP contribution in [0.15, 0.2) is 24.3 Å². The average molecular weight is 427 g/mol. The third-order valence-corrected chi connectivity index (χ3v) is 7.12. The van der Waals surface area contributed by atoms with Crippen LogP contribution in [0.3, 0.4) is 0 Å². The van der Waals surface area contributed by atoms with Gasteiger partial charge in [-0.3, -0.25) is 0 Å². The second-order valence-corrected chi connectivity index (χ2v) is 9.08. The standard InChI is InChI=1S/C25H34F4O/c1-2-3-4-5-6-17-7-9-18(10-8-17)19-11-13-20(14-12-19)21-15-22(26)24(23(27)16-21)30-25(28)29/h4-5,15-20,25H,2-3,6-14H2,1H3. The van der Waals surface area contributed by atoms with Crippen LogP contribution in [0.25, 0.3) is 0 Å². The normalized spacial score (nSPS) is 27.7. The Morgan fingerprint density at radius 1 is 0.900 bits per heavy atom. The van der Waals surface area contributed by atoms with Crippen LogP contribution >= 0.6 is 0 Å². The number of hydrogen-bond acceptors (Lipinski definition) is 1. The van der Waals surface area contributed by atoms with Crippen molar-refractivity contribution in [2.45, 2.75) is 90.1 Å².